The summed E-state index contributed by atoms with van der Waals surface area (Å²) in [6, 6.07) is 9.85. The molecule has 1 aromatic carbocycles. The average Bonchev–Trinajstić information content (AvgIpc) is 2.18. The van der Waals surface area contributed by atoms with Crippen LogP contribution in [0.4, 0.5) is 0 Å². The van der Waals surface area contributed by atoms with Crippen molar-refractivity contribution < 1.29 is 9.90 Å². The maximum absolute atomic E-state index is 11.2. The third-order valence-corrected chi connectivity index (χ3v) is 2.50. The van der Waals surface area contributed by atoms with Crippen molar-refractivity contribution in [3.8, 4) is 0 Å². The predicted octanol–water partition coefficient (Wildman–Crippen LogP) is 2.58. The molecule has 2 heteroatoms. The lowest BCUT2D eigenvalue weighted by molar-refractivity contribution is -0.115. The van der Waals surface area contributed by atoms with Gasteiger partial charge in [0.05, 0.1) is 5.76 Å². The summed E-state index contributed by atoms with van der Waals surface area (Å²) in [6.07, 6.45) is 2.42. The zero-order valence-electron chi connectivity index (χ0n) is 7.81. The Balaban J connectivity index is 2.22. The normalized spacial score (nSPS) is 21.9. The maximum Gasteiger partial charge on any atom is 0.159 e. The van der Waals surface area contributed by atoms with E-state index in [1.807, 2.05) is 30.3 Å². The van der Waals surface area contributed by atoms with Crippen LogP contribution in [0.5, 0.6) is 0 Å². The number of ketones is 1. The summed E-state index contributed by atoms with van der Waals surface area (Å²) in [7, 11) is 0. The van der Waals surface area contributed by atoms with Crippen LogP contribution < -0.4 is 0 Å². The molecule has 14 heavy (non-hydrogen) atoms. The van der Waals surface area contributed by atoms with Crippen molar-refractivity contribution in [3.63, 3.8) is 0 Å². The molecule has 1 unspecified atom stereocenters. The van der Waals surface area contributed by atoms with Crippen LogP contribution in [0.15, 0.2) is 42.2 Å². The molecular formula is C12H12O2. The number of benzene rings is 1. The van der Waals surface area contributed by atoms with Gasteiger partial charge in [-0.05, 0) is 11.5 Å². The van der Waals surface area contributed by atoms with Crippen molar-refractivity contribution in [2.75, 3.05) is 0 Å². The fraction of sp³-hybridized carbons (Fsp3) is 0.250. The summed E-state index contributed by atoms with van der Waals surface area (Å²) in [4.78, 5) is 11.2. The van der Waals surface area contributed by atoms with Crippen molar-refractivity contribution in [1.29, 1.82) is 0 Å². The highest BCUT2D eigenvalue weighted by atomic mass is 16.3. The topological polar surface area (TPSA) is 37.3 Å². The molecular weight excluding hydrogens is 176 g/mol. The summed E-state index contributed by atoms with van der Waals surface area (Å²) in [5, 5.41) is 9.35. The van der Waals surface area contributed by atoms with Crippen molar-refractivity contribution >= 4 is 5.78 Å². The van der Waals surface area contributed by atoms with E-state index in [4.69, 9.17) is 0 Å². The summed E-state index contributed by atoms with van der Waals surface area (Å²) >= 11 is 0. The Morgan fingerprint density at radius 2 is 1.86 bits per heavy atom. The fourth-order valence-electron chi connectivity index (χ4n) is 1.83. The zero-order valence-corrected chi connectivity index (χ0v) is 7.81. The largest absolute Gasteiger partial charge is 0.512 e. The molecule has 0 aliphatic heterocycles. The molecule has 1 aliphatic rings. The van der Waals surface area contributed by atoms with Gasteiger partial charge in [-0.25, -0.2) is 0 Å². The maximum atomic E-state index is 11.2. The lowest BCUT2D eigenvalue weighted by Gasteiger charge is -2.19. The molecule has 0 bridgehead atoms. The first-order valence-electron chi connectivity index (χ1n) is 4.73. The number of aliphatic hydroxyl groups is 1. The second-order valence-corrected chi connectivity index (χ2v) is 3.62. The fourth-order valence-corrected chi connectivity index (χ4v) is 1.83. The molecule has 1 aromatic rings. The average molecular weight is 188 g/mol. The smallest absolute Gasteiger partial charge is 0.159 e. The lowest BCUT2D eigenvalue weighted by atomic mass is 9.86. The summed E-state index contributed by atoms with van der Waals surface area (Å²) in [5.41, 5.74) is 1.13. The highest BCUT2D eigenvalue weighted by Crippen LogP contribution is 2.29. The second kappa shape index (κ2) is 3.66. The molecule has 0 saturated heterocycles. The third kappa shape index (κ3) is 1.84. The Morgan fingerprint density at radius 3 is 2.50 bits per heavy atom. The third-order valence-electron chi connectivity index (χ3n) is 2.50. The van der Waals surface area contributed by atoms with Gasteiger partial charge in [-0.2, -0.15) is 0 Å². The summed E-state index contributed by atoms with van der Waals surface area (Å²) in [6.45, 7) is 0. The first-order valence-corrected chi connectivity index (χ1v) is 4.73. The number of aliphatic hydroxyl groups excluding tert-OH is 1. The first-order chi connectivity index (χ1) is 6.75. The molecule has 2 nitrogen and oxygen atoms in total. The van der Waals surface area contributed by atoms with E-state index >= 15 is 0 Å². The monoisotopic (exact) mass is 188 g/mol. The van der Waals surface area contributed by atoms with Crippen LogP contribution in [0.25, 0.3) is 0 Å². The number of carbonyl (C=O) groups excluding carboxylic acids is 1. The zero-order chi connectivity index (χ0) is 9.97. The molecule has 1 N–H and O–H groups in total. The first kappa shape index (κ1) is 9.00. The second-order valence-electron chi connectivity index (χ2n) is 3.62. The standard InChI is InChI=1S/C12H12O2/c13-11-6-10(7-12(14)8-11)9-4-2-1-3-5-9/h1-5,8,10,13H,6-7H2. The van der Waals surface area contributed by atoms with Crippen LogP contribution in [0.1, 0.15) is 24.3 Å². The van der Waals surface area contributed by atoms with Gasteiger partial charge in [0.15, 0.2) is 5.78 Å². The number of allylic oxidation sites excluding steroid dienone is 2. The van der Waals surface area contributed by atoms with Gasteiger partial charge in [0.25, 0.3) is 0 Å². The minimum Gasteiger partial charge on any atom is -0.512 e. The molecule has 1 aliphatic carbocycles. The molecule has 0 saturated carbocycles. The van der Waals surface area contributed by atoms with Crippen molar-refractivity contribution in [2.24, 2.45) is 0 Å². The molecule has 0 spiro atoms. The molecule has 72 valence electrons. The van der Waals surface area contributed by atoms with E-state index in [0.717, 1.165) is 5.56 Å². The van der Waals surface area contributed by atoms with Gasteiger partial charge >= 0.3 is 0 Å². The Morgan fingerprint density at radius 1 is 1.14 bits per heavy atom. The SMILES string of the molecule is O=C1C=C(O)CC(c2ccccc2)C1. The van der Waals surface area contributed by atoms with Gasteiger partial charge in [0.2, 0.25) is 0 Å². The molecule has 0 aromatic heterocycles. The van der Waals surface area contributed by atoms with E-state index in [1.54, 1.807) is 0 Å². The minimum atomic E-state index is 0.0163. The van der Waals surface area contributed by atoms with Crippen LogP contribution >= 0.6 is 0 Å². The van der Waals surface area contributed by atoms with Gasteiger partial charge in [-0.1, -0.05) is 30.3 Å². The van der Waals surface area contributed by atoms with Crippen LogP contribution in [0.3, 0.4) is 0 Å². The molecule has 0 heterocycles. The van der Waals surface area contributed by atoms with E-state index in [-0.39, 0.29) is 17.5 Å². The van der Waals surface area contributed by atoms with E-state index < -0.39 is 0 Å². The van der Waals surface area contributed by atoms with Gasteiger partial charge < -0.3 is 5.11 Å². The van der Waals surface area contributed by atoms with Crippen LogP contribution in [-0.2, 0) is 4.79 Å². The van der Waals surface area contributed by atoms with Crippen LogP contribution in [-0.4, -0.2) is 10.9 Å². The summed E-state index contributed by atoms with van der Waals surface area (Å²) in [5.74, 6) is 0.367. The van der Waals surface area contributed by atoms with E-state index in [9.17, 15) is 9.90 Å². The molecule has 2 rings (SSSR count). The van der Waals surface area contributed by atoms with Crippen LogP contribution in [0, 0.1) is 0 Å². The number of rotatable bonds is 1. The Kier molecular flexibility index (Phi) is 2.35. The Bertz CT molecular complexity index is 365. The lowest BCUT2D eigenvalue weighted by Crippen LogP contribution is -2.12. The van der Waals surface area contributed by atoms with Crippen molar-refractivity contribution in [3.05, 3.63) is 47.7 Å². The number of carbonyl (C=O) groups is 1. The number of hydrogen-bond donors (Lipinski definition) is 1. The highest BCUT2D eigenvalue weighted by Gasteiger charge is 2.21. The number of hydrogen-bond acceptors (Lipinski definition) is 2. The van der Waals surface area contributed by atoms with Crippen molar-refractivity contribution in [1.82, 2.24) is 0 Å². The minimum absolute atomic E-state index is 0.0163. The van der Waals surface area contributed by atoms with Gasteiger partial charge in [-0.15, -0.1) is 0 Å². The van der Waals surface area contributed by atoms with E-state index in [0.29, 0.717) is 12.8 Å². The Hall–Kier alpha value is -1.57. The predicted molar refractivity (Wildman–Crippen MR) is 54.1 cm³/mol. The molecule has 1 atom stereocenters. The van der Waals surface area contributed by atoms with Gasteiger partial charge in [-0.3, -0.25) is 4.79 Å². The van der Waals surface area contributed by atoms with Gasteiger partial charge in [0.1, 0.15) is 0 Å². The quantitative estimate of drug-likeness (QED) is 0.735. The Labute approximate surface area is 82.9 Å². The van der Waals surface area contributed by atoms with Crippen LogP contribution in [0.2, 0.25) is 0 Å². The van der Waals surface area contributed by atoms with Gasteiger partial charge in [0, 0.05) is 18.9 Å². The molecule has 0 radical (unpaired) electrons. The highest BCUT2D eigenvalue weighted by molar-refractivity contribution is 5.91. The van der Waals surface area contributed by atoms with E-state index in [2.05, 4.69) is 0 Å². The molecule has 0 amide bonds. The molecule has 0 fully saturated rings. The summed E-state index contributed by atoms with van der Waals surface area (Å²) < 4.78 is 0. The van der Waals surface area contributed by atoms with Crippen molar-refractivity contribution in [2.45, 2.75) is 18.8 Å². The van der Waals surface area contributed by atoms with E-state index in [1.165, 1.54) is 6.08 Å².